The van der Waals surface area contributed by atoms with E-state index in [9.17, 15) is 9.90 Å². The van der Waals surface area contributed by atoms with E-state index in [0.717, 1.165) is 5.56 Å². The number of fused-ring (bicyclic) bond motifs is 1. The van der Waals surface area contributed by atoms with Crippen molar-refractivity contribution in [1.82, 2.24) is 19.9 Å². The molecule has 0 aliphatic rings. The van der Waals surface area contributed by atoms with Gasteiger partial charge in [0.15, 0.2) is 0 Å². The van der Waals surface area contributed by atoms with Crippen molar-refractivity contribution < 1.29 is 9.90 Å². The number of hydrogen-bond donors (Lipinski definition) is 1. The third-order valence-corrected chi connectivity index (χ3v) is 5.03. The maximum Gasteiger partial charge on any atom is 0.254 e. The zero-order valence-electron chi connectivity index (χ0n) is 18.3. The largest absolute Gasteiger partial charge is 0.506 e. The SMILES string of the molecule is CC(C)N(C(=O)c1ccc2nn(-c3cc(C(C)(C)C)ccc3O)nc2c1)C(C)C. The summed E-state index contributed by atoms with van der Waals surface area (Å²) in [6, 6.07) is 11.0. The molecule has 0 bridgehead atoms. The summed E-state index contributed by atoms with van der Waals surface area (Å²) in [6.07, 6.45) is 0. The Labute approximate surface area is 172 Å². The van der Waals surface area contributed by atoms with Gasteiger partial charge in [0.25, 0.3) is 5.91 Å². The molecule has 0 unspecified atom stereocenters. The van der Waals surface area contributed by atoms with Gasteiger partial charge in [0.1, 0.15) is 22.5 Å². The zero-order chi connectivity index (χ0) is 21.5. The van der Waals surface area contributed by atoms with Crippen LogP contribution >= 0.6 is 0 Å². The third kappa shape index (κ3) is 4.11. The van der Waals surface area contributed by atoms with Crippen molar-refractivity contribution in [1.29, 1.82) is 0 Å². The molecule has 3 rings (SSSR count). The van der Waals surface area contributed by atoms with Crippen LogP contribution in [-0.2, 0) is 5.41 Å². The highest BCUT2D eigenvalue weighted by atomic mass is 16.3. The van der Waals surface area contributed by atoms with Crippen molar-refractivity contribution in [3.8, 4) is 11.4 Å². The Morgan fingerprint density at radius 1 is 0.966 bits per heavy atom. The van der Waals surface area contributed by atoms with Crippen LogP contribution in [0.25, 0.3) is 16.7 Å². The standard InChI is InChI=1S/C23H30N4O2/c1-14(2)26(15(3)4)22(29)16-8-10-18-19(12-16)25-27(24-18)20-13-17(23(5,6)7)9-11-21(20)28/h8-15,28H,1-7H3. The molecule has 0 saturated heterocycles. The first-order valence-electron chi connectivity index (χ1n) is 10.0. The van der Waals surface area contributed by atoms with Gasteiger partial charge in [-0.05, 0) is 69.0 Å². The molecular weight excluding hydrogens is 364 g/mol. The first kappa shape index (κ1) is 20.8. The summed E-state index contributed by atoms with van der Waals surface area (Å²) in [5.41, 5.74) is 3.40. The molecule has 0 atom stereocenters. The van der Waals surface area contributed by atoms with Gasteiger partial charge in [-0.25, -0.2) is 0 Å². The molecule has 0 fully saturated rings. The summed E-state index contributed by atoms with van der Waals surface area (Å²) < 4.78 is 0. The van der Waals surface area contributed by atoms with Crippen LogP contribution in [0.2, 0.25) is 0 Å². The van der Waals surface area contributed by atoms with Crippen LogP contribution in [0.1, 0.15) is 64.4 Å². The third-order valence-electron chi connectivity index (χ3n) is 5.03. The maximum atomic E-state index is 13.0. The molecule has 0 aliphatic heterocycles. The maximum absolute atomic E-state index is 13.0. The summed E-state index contributed by atoms with van der Waals surface area (Å²) in [5, 5.41) is 19.4. The van der Waals surface area contributed by atoms with E-state index in [2.05, 4.69) is 31.0 Å². The van der Waals surface area contributed by atoms with Gasteiger partial charge >= 0.3 is 0 Å². The van der Waals surface area contributed by atoms with E-state index in [-0.39, 0.29) is 29.2 Å². The number of benzene rings is 2. The van der Waals surface area contributed by atoms with Crippen LogP contribution in [0.4, 0.5) is 0 Å². The summed E-state index contributed by atoms with van der Waals surface area (Å²) >= 11 is 0. The minimum atomic E-state index is -0.0637. The first-order valence-corrected chi connectivity index (χ1v) is 10.0. The number of hydrogen-bond acceptors (Lipinski definition) is 4. The molecule has 6 heteroatoms. The molecule has 3 aromatic rings. The molecule has 0 radical (unpaired) electrons. The highest BCUT2D eigenvalue weighted by Crippen LogP contribution is 2.29. The number of aromatic hydroxyl groups is 1. The van der Waals surface area contributed by atoms with Crippen molar-refractivity contribution in [2.24, 2.45) is 0 Å². The van der Waals surface area contributed by atoms with Gasteiger partial charge in [0.2, 0.25) is 0 Å². The van der Waals surface area contributed by atoms with E-state index in [1.54, 1.807) is 24.3 Å². The van der Waals surface area contributed by atoms with Crippen molar-refractivity contribution in [2.75, 3.05) is 0 Å². The van der Waals surface area contributed by atoms with E-state index in [1.807, 2.05) is 44.7 Å². The number of nitrogens with zero attached hydrogens (tertiary/aromatic N) is 4. The summed E-state index contributed by atoms with van der Waals surface area (Å²) in [7, 11) is 0. The van der Waals surface area contributed by atoms with Gasteiger partial charge in [-0.2, -0.15) is 0 Å². The van der Waals surface area contributed by atoms with Crippen molar-refractivity contribution in [3.05, 3.63) is 47.5 Å². The Morgan fingerprint density at radius 2 is 1.59 bits per heavy atom. The summed E-state index contributed by atoms with van der Waals surface area (Å²) in [5.74, 6) is 0.0874. The number of phenols is 1. The van der Waals surface area contributed by atoms with Crippen LogP contribution in [0.3, 0.4) is 0 Å². The summed E-state index contributed by atoms with van der Waals surface area (Å²) in [6.45, 7) is 14.4. The van der Waals surface area contributed by atoms with Crippen LogP contribution < -0.4 is 0 Å². The number of phenolic OH excluding ortho intramolecular Hbond substituents is 1. The van der Waals surface area contributed by atoms with Gasteiger partial charge in [0.05, 0.1) is 0 Å². The van der Waals surface area contributed by atoms with Crippen LogP contribution in [0.5, 0.6) is 5.75 Å². The van der Waals surface area contributed by atoms with Crippen molar-refractivity contribution >= 4 is 16.9 Å². The van der Waals surface area contributed by atoms with Crippen LogP contribution in [0, 0.1) is 0 Å². The van der Waals surface area contributed by atoms with E-state index >= 15 is 0 Å². The molecular formula is C23H30N4O2. The number of aromatic nitrogens is 3. The van der Waals surface area contributed by atoms with Crippen molar-refractivity contribution in [3.63, 3.8) is 0 Å². The van der Waals surface area contributed by atoms with Crippen LogP contribution in [-0.4, -0.2) is 43.0 Å². The van der Waals surface area contributed by atoms with Gasteiger partial charge in [-0.3, -0.25) is 4.79 Å². The zero-order valence-corrected chi connectivity index (χ0v) is 18.3. The molecule has 1 amide bonds. The lowest BCUT2D eigenvalue weighted by Crippen LogP contribution is -2.42. The molecule has 0 spiro atoms. The number of rotatable bonds is 4. The number of amides is 1. The molecule has 0 saturated carbocycles. The molecule has 1 heterocycles. The fourth-order valence-electron chi connectivity index (χ4n) is 3.52. The highest BCUT2D eigenvalue weighted by molar-refractivity contribution is 5.97. The predicted octanol–water partition coefficient (Wildman–Crippen LogP) is 4.68. The minimum Gasteiger partial charge on any atom is -0.506 e. The van der Waals surface area contributed by atoms with Gasteiger partial charge in [-0.1, -0.05) is 26.8 Å². The number of carbonyl (C=O) groups excluding carboxylic acids is 1. The fraction of sp³-hybridized carbons (Fsp3) is 0.435. The van der Waals surface area contributed by atoms with Gasteiger partial charge < -0.3 is 10.0 Å². The Balaban J connectivity index is 2.04. The minimum absolute atomic E-state index is 0.0240. The van der Waals surface area contributed by atoms with E-state index < -0.39 is 0 Å². The molecule has 0 aliphatic carbocycles. The van der Waals surface area contributed by atoms with E-state index in [0.29, 0.717) is 22.3 Å². The Bertz CT molecular complexity index is 1040. The fourth-order valence-corrected chi connectivity index (χ4v) is 3.52. The van der Waals surface area contributed by atoms with E-state index in [4.69, 9.17) is 0 Å². The average molecular weight is 395 g/mol. The average Bonchev–Trinajstić information content (AvgIpc) is 3.03. The first-order chi connectivity index (χ1) is 13.5. The molecule has 154 valence electrons. The molecule has 29 heavy (non-hydrogen) atoms. The van der Waals surface area contributed by atoms with E-state index in [1.165, 1.54) is 4.80 Å². The second-order valence-corrected chi connectivity index (χ2v) is 9.05. The lowest BCUT2D eigenvalue weighted by Gasteiger charge is -2.30. The van der Waals surface area contributed by atoms with Gasteiger partial charge in [-0.15, -0.1) is 15.0 Å². The molecule has 2 aromatic carbocycles. The lowest BCUT2D eigenvalue weighted by molar-refractivity contribution is 0.0644. The lowest BCUT2D eigenvalue weighted by atomic mass is 9.87. The molecule has 1 N–H and O–H groups in total. The Kier molecular flexibility index (Phi) is 5.39. The Hall–Kier alpha value is -2.89. The smallest absolute Gasteiger partial charge is 0.254 e. The predicted molar refractivity (Wildman–Crippen MR) is 116 cm³/mol. The second kappa shape index (κ2) is 7.50. The van der Waals surface area contributed by atoms with Crippen LogP contribution in [0.15, 0.2) is 36.4 Å². The molecule has 1 aromatic heterocycles. The highest BCUT2D eigenvalue weighted by Gasteiger charge is 2.23. The molecule has 6 nitrogen and oxygen atoms in total. The van der Waals surface area contributed by atoms with Gasteiger partial charge in [0, 0.05) is 17.6 Å². The Morgan fingerprint density at radius 3 is 2.17 bits per heavy atom. The number of carbonyl (C=O) groups is 1. The summed E-state index contributed by atoms with van der Waals surface area (Å²) in [4.78, 5) is 16.3. The topological polar surface area (TPSA) is 71.2 Å². The quantitative estimate of drug-likeness (QED) is 0.697. The second-order valence-electron chi connectivity index (χ2n) is 9.05. The normalized spacial score (nSPS) is 12.2. The van der Waals surface area contributed by atoms with Crippen molar-refractivity contribution in [2.45, 2.75) is 66.0 Å². The monoisotopic (exact) mass is 394 g/mol.